The van der Waals surface area contributed by atoms with Gasteiger partial charge in [-0.05, 0) is 37.0 Å². The van der Waals surface area contributed by atoms with E-state index in [-0.39, 0.29) is 18.9 Å². The molecule has 0 saturated heterocycles. The molecule has 1 saturated carbocycles. The number of nitrogens with zero attached hydrogens (tertiary/aromatic N) is 1. The fraction of sp³-hybridized carbons (Fsp3) is 0.632. The summed E-state index contributed by atoms with van der Waals surface area (Å²) >= 11 is 0. The molecule has 0 atom stereocenters. The molecular formula is C19H26F3NO2. The Balaban J connectivity index is 1.94. The lowest BCUT2D eigenvalue weighted by molar-refractivity contribution is -0.134. The molecule has 6 heteroatoms. The lowest BCUT2D eigenvalue weighted by atomic mass is 9.93. The van der Waals surface area contributed by atoms with Crippen LogP contribution < -0.4 is 0 Å². The Kier molecular flexibility index (Phi) is 6.49. The van der Waals surface area contributed by atoms with Crippen LogP contribution in [0.4, 0.5) is 13.2 Å². The van der Waals surface area contributed by atoms with Gasteiger partial charge in [0.05, 0.1) is 5.60 Å². The Morgan fingerprint density at radius 3 is 2.20 bits per heavy atom. The summed E-state index contributed by atoms with van der Waals surface area (Å²) in [6, 6.07) is 6.24. The third-order valence-corrected chi connectivity index (χ3v) is 4.81. The van der Waals surface area contributed by atoms with Crippen LogP contribution in [0.1, 0.15) is 60.9 Å². The predicted octanol–water partition coefficient (Wildman–Crippen LogP) is 4.34. The first-order valence-corrected chi connectivity index (χ1v) is 8.82. The molecule has 25 heavy (non-hydrogen) atoms. The van der Waals surface area contributed by atoms with E-state index in [4.69, 9.17) is 0 Å². The van der Waals surface area contributed by atoms with Gasteiger partial charge in [0.1, 0.15) is 0 Å². The Morgan fingerprint density at radius 1 is 1.12 bits per heavy atom. The molecule has 140 valence electrons. The SMILES string of the molecule is CN(CC1(O)CCCCCC1)C(=O)c1ccc(CCC(F)(F)F)cc1. The average Bonchev–Trinajstić information content (AvgIpc) is 2.76. The highest BCUT2D eigenvalue weighted by molar-refractivity contribution is 5.94. The van der Waals surface area contributed by atoms with Crippen molar-refractivity contribution in [1.82, 2.24) is 4.90 Å². The maximum absolute atomic E-state index is 12.5. The number of carbonyl (C=O) groups is 1. The quantitative estimate of drug-likeness (QED) is 0.797. The molecular weight excluding hydrogens is 331 g/mol. The maximum Gasteiger partial charge on any atom is 0.389 e. The van der Waals surface area contributed by atoms with Gasteiger partial charge in [0.15, 0.2) is 0 Å². The second-order valence-corrected chi connectivity index (χ2v) is 7.11. The summed E-state index contributed by atoms with van der Waals surface area (Å²) in [5.41, 5.74) is 0.141. The Hall–Kier alpha value is -1.56. The number of rotatable bonds is 5. The number of carbonyl (C=O) groups excluding carboxylic acids is 1. The number of halogens is 3. The highest BCUT2D eigenvalue weighted by Crippen LogP contribution is 2.28. The van der Waals surface area contributed by atoms with Crippen LogP contribution >= 0.6 is 0 Å². The number of alkyl halides is 3. The normalized spacial score (nSPS) is 17.8. The minimum atomic E-state index is -4.18. The highest BCUT2D eigenvalue weighted by atomic mass is 19.4. The second-order valence-electron chi connectivity index (χ2n) is 7.11. The second kappa shape index (κ2) is 8.21. The summed E-state index contributed by atoms with van der Waals surface area (Å²) in [6.07, 6.45) is 0.406. The van der Waals surface area contributed by atoms with E-state index in [1.807, 2.05) is 0 Å². The third kappa shape index (κ3) is 6.34. The molecule has 2 rings (SSSR count). The zero-order chi connectivity index (χ0) is 18.5. The van der Waals surface area contributed by atoms with Crippen LogP contribution in [0, 0.1) is 0 Å². The topological polar surface area (TPSA) is 40.5 Å². The molecule has 3 nitrogen and oxygen atoms in total. The first-order chi connectivity index (χ1) is 11.7. The fourth-order valence-electron chi connectivity index (χ4n) is 3.38. The number of likely N-dealkylation sites (N-methyl/N-ethyl adjacent to an activating group) is 1. The van der Waals surface area contributed by atoms with Gasteiger partial charge in [0.2, 0.25) is 0 Å². The zero-order valence-electron chi connectivity index (χ0n) is 14.6. The molecule has 1 aliphatic rings. The van der Waals surface area contributed by atoms with Crippen LogP contribution in [0.2, 0.25) is 0 Å². The van der Waals surface area contributed by atoms with Gasteiger partial charge in [-0.15, -0.1) is 0 Å². The van der Waals surface area contributed by atoms with Gasteiger partial charge in [0, 0.05) is 25.6 Å². The molecule has 1 aromatic rings. The van der Waals surface area contributed by atoms with Crippen LogP contribution in [0.3, 0.4) is 0 Å². The summed E-state index contributed by atoms with van der Waals surface area (Å²) < 4.78 is 36.8. The van der Waals surface area contributed by atoms with E-state index >= 15 is 0 Å². The van der Waals surface area contributed by atoms with Crippen molar-refractivity contribution in [3.05, 3.63) is 35.4 Å². The summed E-state index contributed by atoms with van der Waals surface area (Å²) in [4.78, 5) is 14.0. The number of benzene rings is 1. The lowest BCUT2D eigenvalue weighted by Crippen LogP contribution is -2.43. The maximum atomic E-state index is 12.5. The number of aryl methyl sites for hydroxylation is 1. The number of amides is 1. The lowest BCUT2D eigenvalue weighted by Gasteiger charge is -2.31. The van der Waals surface area contributed by atoms with Crippen molar-refractivity contribution in [2.75, 3.05) is 13.6 Å². The van der Waals surface area contributed by atoms with Crippen molar-refractivity contribution in [3.63, 3.8) is 0 Å². The minimum absolute atomic E-state index is 0.0897. The summed E-state index contributed by atoms with van der Waals surface area (Å²) in [5, 5.41) is 10.7. The fourth-order valence-corrected chi connectivity index (χ4v) is 3.38. The Morgan fingerprint density at radius 2 is 1.68 bits per heavy atom. The molecule has 1 N–H and O–H groups in total. The minimum Gasteiger partial charge on any atom is -0.388 e. The molecule has 1 aromatic carbocycles. The van der Waals surface area contributed by atoms with Crippen molar-refractivity contribution in [1.29, 1.82) is 0 Å². The van der Waals surface area contributed by atoms with Gasteiger partial charge in [-0.25, -0.2) is 0 Å². The average molecular weight is 357 g/mol. The van der Waals surface area contributed by atoms with Gasteiger partial charge in [-0.1, -0.05) is 37.8 Å². The van der Waals surface area contributed by atoms with E-state index in [9.17, 15) is 23.1 Å². The Labute approximate surface area is 146 Å². The van der Waals surface area contributed by atoms with E-state index in [0.29, 0.717) is 24.0 Å². The smallest absolute Gasteiger partial charge is 0.388 e. The van der Waals surface area contributed by atoms with E-state index < -0.39 is 18.2 Å². The van der Waals surface area contributed by atoms with Crippen LogP contribution in [0.15, 0.2) is 24.3 Å². The summed E-state index contributed by atoms with van der Waals surface area (Å²) in [7, 11) is 1.66. The highest BCUT2D eigenvalue weighted by Gasteiger charge is 2.31. The van der Waals surface area contributed by atoms with Gasteiger partial charge in [-0.3, -0.25) is 4.79 Å². The van der Waals surface area contributed by atoms with Gasteiger partial charge < -0.3 is 10.0 Å². The van der Waals surface area contributed by atoms with E-state index in [0.717, 1.165) is 25.7 Å². The molecule has 0 unspecified atom stereocenters. The first kappa shape index (κ1) is 19.8. The summed E-state index contributed by atoms with van der Waals surface area (Å²) in [6.45, 7) is 0.279. The number of hydrogen-bond donors (Lipinski definition) is 1. The largest absolute Gasteiger partial charge is 0.389 e. The molecule has 0 radical (unpaired) electrons. The van der Waals surface area contributed by atoms with Crippen LogP contribution in [-0.4, -0.2) is 41.3 Å². The van der Waals surface area contributed by atoms with Crippen molar-refractivity contribution in [3.8, 4) is 0 Å². The van der Waals surface area contributed by atoms with Crippen molar-refractivity contribution in [2.45, 2.75) is 63.1 Å². The number of hydrogen-bond acceptors (Lipinski definition) is 2. The molecule has 1 aliphatic carbocycles. The zero-order valence-corrected chi connectivity index (χ0v) is 14.6. The molecule has 1 amide bonds. The first-order valence-electron chi connectivity index (χ1n) is 8.82. The third-order valence-electron chi connectivity index (χ3n) is 4.81. The van der Waals surface area contributed by atoms with Crippen LogP contribution in [0.5, 0.6) is 0 Å². The van der Waals surface area contributed by atoms with Crippen molar-refractivity contribution in [2.24, 2.45) is 0 Å². The Bertz CT molecular complexity index is 561. The van der Waals surface area contributed by atoms with Crippen LogP contribution in [-0.2, 0) is 6.42 Å². The monoisotopic (exact) mass is 357 g/mol. The predicted molar refractivity (Wildman–Crippen MR) is 90.4 cm³/mol. The molecule has 0 spiro atoms. The molecule has 0 bridgehead atoms. The van der Waals surface area contributed by atoms with E-state index in [1.165, 1.54) is 4.90 Å². The summed E-state index contributed by atoms with van der Waals surface area (Å²) in [5.74, 6) is -0.222. The standard InChI is InChI=1S/C19H26F3NO2/c1-23(14-18(25)11-4-2-3-5-12-18)17(24)16-8-6-15(7-9-16)10-13-19(20,21)22/h6-9,25H,2-5,10-14H2,1H3. The molecule has 0 aromatic heterocycles. The van der Waals surface area contributed by atoms with Gasteiger partial charge in [-0.2, -0.15) is 13.2 Å². The molecule has 0 heterocycles. The molecule has 1 fully saturated rings. The van der Waals surface area contributed by atoms with Crippen molar-refractivity contribution < 1.29 is 23.1 Å². The number of aliphatic hydroxyl groups is 1. The van der Waals surface area contributed by atoms with E-state index in [1.54, 1.807) is 31.3 Å². The van der Waals surface area contributed by atoms with Gasteiger partial charge in [0.25, 0.3) is 5.91 Å². The van der Waals surface area contributed by atoms with Crippen LogP contribution in [0.25, 0.3) is 0 Å². The van der Waals surface area contributed by atoms with E-state index in [2.05, 4.69) is 0 Å². The van der Waals surface area contributed by atoms with Crippen molar-refractivity contribution >= 4 is 5.91 Å². The van der Waals surface area contributed by atoms with Gasteiger partial charge >= 0.3 is 6.18 Å². The molecule has 0 aliphatic heterocycles.